The fourth-order valence-electron chi connectivity index (χ4n) is 2.02. The maximum atomic E-state index is 6.27. The second kappa shape index (κ2) is 7.85. The molecule has 1 heterocycles. The lowest BCUT2D eigenvalue weighted by atomic mass is 10.2. The standard InChI is InChI=1S/C13H24ClN3O2/c1-6-18-13(19-7-2)11(15-5)12-10(14)8-16-17(12)9(3)4/h8-9,11,13,15H,6-7H2,1-5H3. The van der Waals surface area contributed by atoms with Crippen molar-refractivity contribution in [3.8, 4) is 0 Å². The summed E-state index contributed by atoms with van der Waals surface area (Å²) in [5.74, 6) is 0. The van der Waals surface area contributed by atoms with Gasteiger partial charge in [0.2, 0.25) is 0 Å². The SMILES string of the molecule is CCOC(OCC)C(NC)c1c(Cl)cnn1C(C)C. The van der Waals surface area contributed by atoms with Crippen LogP contribution in [0.2, 0.25) is 5.02 Å². The van der Waals surface area contributed by atoms with Gasteiger partial charge < -0.3 is 14.8 Å². The number of aromatic nitrogens is 2. The molecule has 0 spiro atoms. The number of ether oxygens (including phenoxy) is 2. The summed E-state index contributed by atoms with van der Waals surface area (Å²) in [6.45, 7) is 9.18. The Morgan fingerprint density at radius 3 is 2.32 bits per heavy atom. The topological polar surface area (TPSA) is 48.3 Å². The summed E-state index contributed by atoms with van der Waals surface area (Å²) in [6.07, 6.45) is 1.28. The van der Waals surface area contributed by atoms with Crippen LogP contribution in [0.15, 0.2) is 6.20 Å². The van der Waals surface area contributed by atoms with Gasteiger partial charge in [-0.1, -0.05) is 11.6 Å². The minimum atomic E-state index is -0.383. The Morgan fingerprint density at radius 1 is 1.32 bits per heavy atom. The number of hydrogen-bond acceptors (Lipinski definition) is 4. The summed E-state index contributed by atoms with van der Waals surface area (Å²) in [5.41, 5.74) is 0.895. The van der Waals surface area contributed by atoms with E-state index in [1.807, 2.05) is 25.6 Å². The van der Waals surface area contributed by atoms with Gasteiger partial charge >= 0.3 is 0 Å². The molecule has 1 N–H and O–H groups in total. The Labute approximate surface area is 120 Å². The lowest BCUT2D eigenvalue weighted by Gasteiger charge is -2.28. The Morgan fingerprint density at radius 2 is 1.89 bits per heavy atom. The van der Waals surface area contributed by atoms with Crippen LogP contribution in [0.1, 0.15) is 45.5 Å². The number of rotatable bonds is 8. The first-order valence-electron chi connectivity index (χ1n) is 6.70. The van der Waals surface area contributed by atoms with E-state index in [-0.39, 0.29) is 18.4 Å². The van der Waals surface area contributed by atoms with Crippen molar-refractivity contribution in [3.05, 3.63) is 16.9 Å². The van der Waals surface area contributed by atoms with Crippen LogP contribution < -0.4 is 5.32 Å². The van der Waals surface area contributed by atoms with E-state index in [0.29, 0.717) is 18.2 Å². The molecular weight excluding hydrogens is 266 g/mol. The quantitative estimate of drug-likeness (QED) is 0.748. The molecule has 0 bridgehead atoms. The van der Waals surface area contributed by atoms with Crippen molar-refractivity contribution >= 4 is 11.6 Å². The summed E-state index contributed by atoms with van der Waals surface area (Å²) in [7, 11) is 1.86. The molecule has 6 heteroatoms. The average Bonchev–Trinajstić information content (AvgIpc) is 2.73. The van der Waals surface area contributed by atoms with Crippen molar-refractivity contribution in [1.82, 2.24) is 15.1 Å². The molecule has 1 aromatic heterocycles. The third-order valence-corrected chi connectivity index (χ3v) is 3.11. The van der Waals surface area contributed by atoms with E-state index in [0.717, 1.165) is 5.69 Å². The van der Waals surface area contributed by atoms with Crippen molar-refractivity contribution in [2.75, 3.05) is 20.3 Å². The van der Waals surface area contributed by atoms with Crippen LogP contribution in [0.3, 0.4) is 0 Å². The highest BCUT2D eigenvalue weighted by atomic mass is 35.5. The van der Waals surface area contributed by atoms with Gasteiger partial charge in [0, 0.05) is 19.3 Å². The maximum absolute atomic E-state index is 6.27. The molecule has 0 fully saturated rings. The molecule has 1 atom stereocenters. The van der Waals surface area contributed by atoms with Crippen molar-refractivity contribution in [1.29, 1.82) is 0 Å². The predicted molar refractivity (Wildman–Crippen MR) is 76.5 cm³/mol. The molecule has 1 rings (SSSR count). The monoisotopic (exact) mass is 289 g/mol. The van der Waals surface area contributed by atoms with Crippen LogP contribution in [-0.4, -0.2) is 36.3 Å². The van der Waals surface area contributed by atoms with Gasteiger partial charge in [-0.2, -0.15) is 5.10 Å². The zero-order valence-corrected chi connectivity index (χ0v) is 13.1. The van der Waals surface area contributed by atoms with Crippen LogP contribution in [0.5, 0.6) is 0 Å². The summed E-state index contributed by atoms with van der Waals surface area (Å²) in [6, 6.07) is 0.0690. The van der Waals surface area contributed by atoms with Gasteiger partial charge in [0.15, 0.2) is 6.29 Å². The summed E-state index contributed by atoms with van der Waals surface area (Å²) < 4.78 is 13.2. The number of nitrogens with zero attached hydrogens (tertiary/aromatic N) is 2. The van der Waals surface area contributed by atoms with E-state index in [4.69, 9.17) is 21.1 Å². The van der Waals surface area contributed by atoms with E-state index in [1.54, 1.807) is 6.20 Å². The zero-order valence-electron chi connectivity index (χ0n) is 12.3. The highest BCUT2D eigenvalue weighted by molar-refractivity contribution is 6.31. The van der Waals surface area contributed by atoms with Crippen molar-refractivity contribution in [2.45, 2.75) is 46.1 Å². The van der Waals surface area contributed by atoms with Crippen LogP contribution in [0.4, 0.5) is 0 Å². The molecular formula is C13H24ClN3O2. The van der Waals surface area contributed by atoms with Crippen LogP contribution in [0, 0.1) is 0 Å². The molecule has 0 aliphatic heterocycles. The number of nitrogens with one attached hydrogen (secondary N) is 1. The molecule has 0 radical (unpaired) electrons. The third kappa shape index (κ3) is 3.92. The summed E-state index contributed by atoms with van der Waals surface area (Å²) >= 11 is 6.27. The first kappa shape index (κ1) is 16.4. The van der Waals surface area contributed by atoms with Gasteiger partial charge in [-0.05, 0) is 34.7 Å². The van der Waals surface area contributed by atoms with Gasteiger partial charge in [-0.15, -0.1) is 0 Å². The van der Waals surface area contributed by atoms with Crippen LogP contribution >= 0.6 is 11.6 Å². The van der Waals surface area contributed by atoms with E-state index < -0.39 is 0 Å². The van der Waals surface area contributed by atoms with Gasteiger partial charge in [0.1, 0.15) is 6.04 Å². The largest absolute Gasteiger partial charge is 0.351 e. The summed E-state index contributed by atoms with van der Waals surface area (Å²) in [4.78, 5) is 0. The highest BCUT2D eigenvalue weighted by Crippen LogP contribution is 2.29. The molecule has 110 valence electrons. The average molecular weight is 290 g/mol. The van der Waals surface area contributed by atoms with Crippen molar-refractivity contribution < 1.29 is 9.47 Å². The fraction of sp³-hybridized carbons (Fsp3) is 0.769. The Balaban J connectivity index is 3.09. The molecule has 0 saturated heterocycles. The van der Waals surface area contributed by atoms with Gasteiger partial charge in [0.05, 0.1) is 16.9 Å². The summed E-state index contributed by atoms with van der Waals surface area (Å²) in [5, 5.41) is 8.16. The first-order valence-corrected chi connectivity index (χ1v) is 7.07. The number of halogens is 1. The van der Waals surface area contributed by atoms with Crippen molar-refractivity contribution in [3.63, 3.8) is 0 Å². The molecule has 0 saturated carbocycles. The van der Waals surface area contributed by atoms with Crippen molar-refractivity contribution in [2.24, 2.45) is 0 Å². The molecule has 1 aromatic rings. The maximum Gasteiger partial charge on any atom is 0.178 e. The molecule has 5 nitrogen and oxygen atoms in total. The molecule has 19 heavy (non-hydrogen) atoms. The molecule has 0 aliphatic carbocycles. The normalized spacial score (nSPS) is 13.5. The molecule has 0 aromatic carbocycles. The smallest absolute Gasteiger partial charge is 0.178 e. The minimum Gasteiger partial charge on any atom is -0.351 e. The second-order valence-corrected chi connectivity index (χ2v) is 4.87. The van der Waals surface area contributed by atoms with E-state index in [9.17, 15) is 0 Å². The highest BCUT2D eigenvalue weighted by Gasteiger charge is 2.29. The number of likely N-dealkylation sites (N-methyl/N-ethyl adjacent to an activating group) is 1. The Hall–Kier alpha value is -0.620. The minimum absolute atomic E-state index is 0.155. The Kier molecular flexibility index (Phi) is 6.79. The second-order valence-electron chi connectivity index (χ2n) is 4.46. The van der Waals surface area contributed by atoms with Gasteiger partial charge in [0.25, 0.3) is 0 Å². The van der Waals surface area contributed by atoms with E-state index >= 15 is 0 Å². The van der Waals surface area contributed by atoms with Gasteiger partial charge in [-0.3, -0.25) is 4.68 Å². The third-order valence-electron chi connectivity index (χ3n) is 2.82. The lowest BCUT2D eigenvalue weighted by Crippen LogP contribution is -2.36. The molecule has 0 aliphatic rings. The van der Waals surface area contributed by atoms with Crippen LogP contribution in [-0.2, 0) is 9.47 Å². The predicted octanol–water partition coefficient (Wildman–Crippen LogP) is 2.78. The zero-order chi connectivity index (χ0) is 14.4. The van der Waals surface area contributed by atoms with Gasteiger partial charge in [-0.25, -0.2) is 0 Å². The lowest BCUT2D eigenvalue weighted by molar-refractivity contribution is -0.155. The molecule has 1 unspecified atom stereocenters. The first-order chi connectivity index (χ1) is 9.06. The Bertz CT molecular complexity index is 376. The fourth-order valence-corrected chi connectivity index (χ4v) is 2.27. The van der Waals surface area contributed by atoms with E-state index in [2.05, 4.69) is 24.3 Å². The van der Waals surface area contributed by atoms with E-state index in [1.165, 1.54) is 0 Å². The molecule has 0 amide bonds. The number of hydrogen-bond donors (Lipinski definition) is 1. The van der Waals surface area contributed by atoms with Crippen LogP contribution in [0.25, 0.3) is 0 Å².